The highest BCUT2D eigenvalue weighted by Gasteiger charge is 2.19. The molecule has 0 spiro atoms. The summed E-state index contributed by atoms with van der Waals surface area (Å²) < 4.78 is 4.78. The number of aliphatic carboxylic acids is 1. The number of nitrogens with one attached hydrogen (secondary N) is 1. The van der Waals surface area contributed by atoms with Crippen molar-refractivity contribution in [1.82, 2.24) is 10.3 Å². The van der Waals surface area contributed by atoms with Gasteiger partial charge in [-0.3, -0.25) is 4.98 Å². The van der Waals surface area contributed by atoms with Crippen LogP contribution in [-0.4, -0.2) is 46.5 Å². The lowest BCUT2D eigenvalue weighted by atomic mass is 10.2. The third-order valence-corrected chi connectivity index (χ3v) is 2.15. The van der Waals surface area contributed by atoms with Crippen molar-refractivity contribution in [3.8, 4) is 0 Å². The molecular weight excluding hydrogens is 240 g/mol. The molecule has 1 amide bonds. The summed E-state index contributed by atoms with van der Waals surface area (Å²) in [6.07, 6.45) is 2.89. The number of amides is 1. The van der Waals surface area contributed by atoms with Gasteiger partial charge in [0.25, 0.3) is 0 Å². The number of rotatable bonds is 6. The molecule has 0 aromatic carbocycles. The second-order valence-electron chi connectivity index (χ2n) is 3.46. The standard InChI is InChI=1S/C11H14N2O5/c14-7-9(10(15)16)13-11(17)18-6-3-8-1-4-12-5-2-8/h1-2,4-5,9,14H,3,6-7H2,(H,13,17)(H,15,16). The molecule has 1 aromatic heterocycles. The molecule has 0 aliphatic carbocycles. The van der Waals surface area contributed by atoms with E-state index < -0.39 is 24.7 Å². The minimum atomic E-state index is -1.35. The number of carboxylic acids is 1. The van der Waals surface area contributed by atoms with Crippen LogP contribution in [-0.2, 0) is 16.0 Å². The Hall–Kier alpha value is -2.15. The van der Waals surface area contributed by atoms with Crippen LogP contribution in [0.3, 0.4) is 0 Å². The highest BCUT2D eigenvalue weighted by molar-refractivity contribution is 5.79. The molecule has 1 atom stereocenters. The summed E-state index contributed by atoms with van der Waals surface area (Å²) in [7, 11) is 0. The number of hydrogen-bond donors (Lipinski definition) is 3. The Kier molecular flexibility index (Phi) is 5.59. The molecule has 0 bridgehead atoms. The van der Waals surface area contributed by atoms with Gasteiger partial charge in [-0.1, -0.05) is 0 Å². The molecule has 7 nitrogen and oxygen atoms in total. The number of aliphatic hydroxyl groups is 1. The molecule has 7 heteroatoms. The molecule has 0 aliphatic heterocycles. The van der Waals surface area contributed by atoms with Gasteiger partial charge < -0.3 is 20.3 Å². The van der Waals surface area contributed by atoms with Crippen molar-refractivity contribution in [1.29, 1.82) is 0 Å². The molecule has 1 aromatic rings. The van der Waals surface area contributed by atoms with Gasteiger partial charge in [-0.25, -0.2) is 9.59 Å². The van der Waals surface area contributed by atoms with Crippen molar-refractivity contribution in [2.75, 3.05) is 13.2 Å². The lowest BCUT2D eigenvalue weighted by molar-refractivity contribution is -0.140. The zero-order valence-corrected chi connectivity index (χ0v) is 9.57. The summed E-state index contributed by atoms with van der Waals surface area (Å²) in [5.74, 6) is -1.32. The van der Waals surface area contributed by atoms with E-state index in [2.05, 4.69) is 4.98 Å². The predicted molar refractivity (Wildman–Crippen MR) is 60.9 cm³/mol. The van der Waals surface area contributed by atoms with Crippen LogP contribution < -0.4 is 5.32 Å². The van der Waals surface area contributed by atoms with Gasteiger partial charge in [0.2, 0.25) is 0 Å². The smallest absolute Gasteiger partial charge is 0.407 e. The quantitative estimate of drug-likeness (QED) is 0.648. The van der Waals surface area contributed by atoms with Gasteiger partial charge in [-0.05, 0) is 17.7 Å². The van der Waals surface area contributed by atoms with Crippen LogP contribution in [0.2, 0.25) is 0 Å². The summed E-state index contributed by atoms with van der Waals surface area (Å²) in [6, 6.07) is 2.22. The van der Waals surface area contributed by atoms with Crippen molar-refractivity contribution < 1.29 is 24.5 Å². The van der Waals surface area contributed by atoms with Crippen LogP contribution in [0.4, 0.5) is 4.79 Å². The first-order valence-electron chi connectivity index (χ1n) is 5.29. The fourth-order valence-electron chi connectivity index (χ4n) is 1.18. The van der Waals surface area contributed by atoms with Gasteiger partial charge >= 0.3 is 12.1 Å². The van der Waals surface area contributed by atoms with Crippen LogP contribution in [0.15, 0.2) is 24.5 Å². The molecule has 1 unspecified atom stereocenters. The number of ether oxygens (including phenoxy) is 1. The third kappa shape index (κ3) is 4.79. The number of aliphatic hydroxyl groups excluding tert-OH is 1. The normalized spacial score (nSPS) is 11.6. The minimum Gasteiger partial charge on any atom is -0.480 e. The van der Waals surface area contributed by atoms with E-state index in [4.69, 9.17) is 14.9 Å². The zero-order valence-electron chi connectivity index (χ0n) is 9.57. The van der Waals surface area contributed by atoms with E-state index in [0.717, 1.165) is 5.56 Å². The Morgan fingerprint density at radius 3 is 2.61 bits per heavy atom. The molecule has 1 rings (SSSR count). The first-order chi connectivity index (χ1) is 8.63. The summed E-state index contributed by atoms with van der Waals surface area (Å²) in [5, 5.41) is 19.3. The van der Waals surface area contributed by atoms with E-state index in [9.17, 15) is 9.59 Å². The van der Waals surface area contributed by atoms with Crippen LogP contribution in [0.5, 0.6) is 0 Å². The molecule has 18 heavy (non-hydrogen) atoms. The Morgan fingerprint density at radius 2 is 2.06 bits per heavy atom. The average Bonchev–Trinajstić information content (AvgIpc) is 2.37. The van der Waals surface area contributed by atoms with Crippen LogP contribution in [0.25, 0.3) is 0 Å². The van der Waals surface area contributed by atoms with Crippen molar-refractivity contribution in [2.24, 2.45) is 0 Å². The molecule has 0 saturated carbocycles. The van der Waals surface area contributed by atoms with Crippen molar-refractivity contribution in [2.45, 2.75) is 12.5 Å². The topological polar surface area (TPSA) is 109 Å². The van der Waals surface area contributed by atoms with Gasteiger partial charge in [0, 0.05) is 18.8 Å². The van der Waals surface area contributed by atoms with Crippen molar-refractivity contribution in [3.05, 3.63) is 30.1 Å². The Labute approximate surface area is 103 Å². The maximum atomic E-state index is 11.2. The van der Waals surface area contributed by atoms with E-state index in [1.54, 1.807) is 24.5 Å². The van der Waals surface area contributed by atoms with Crippen molar-refractivity contribution in [3.63, 3.8) is 0 Å². The number of nitrogens with zero attached hydrogens (tertiary/aromatic N) is 1. The lowest BCUT2D eigenvalue weighted by Crippen LogP contribution is -2.43. The second kappa shape index (κ2) is 7.23. The first-order valence-corrected chi connectivity index (χ1v) is 5.29. The minimum absolute atomic E-state index is 0.119. The van der Waals surface area contributed by atoms with Gasteiger partial charge in [-0.2, -0.15) is 0 Å². The zero-order chi connectivity index (χ0) is 13.4. The van der Waals surface area contributed by atoms with E-state index in [1.165, 1.54) is 0 Å². The highest BCUT2D eigenvalue weighted by atomic mass is 16.5. The summed E-state index contributed by atoms with van der Waals surface area (Å²) in [5.41, 5.74) is 0.953. The summed E-state index contributed by atoms with van der Waals surface area (Å²) in [4.78, 5) is 25.6. The fourth-order valence-corrected chi connectivity index (χ4v) is 1.18. The maximum Gasteiger partial charge on any atom is 0.407 e. The first kappa shape index (κ1) is 13.9. The van der Waals surface area contributed by atoms with Crippen molar-refractivity contribution >= 4 is 12.1 Å². The number of carbonyl (C=O) groups is 2. The highest BCUT2D eigenvalue weighted by Crippen LogP contribution is 1.97. The van der Waals surface area contributed by atoms with E-state index in [0.29, 0.717) is 6.42 Å². The molecule has 0 fully saturated rings. The SMILES string of the molecule is O=C(NC(CO)C(=O)O)OCCc1ccncc1. The molecular formula is C11H14N2O5. The Balaban J connectivity index is 2.27. The van der Waals surface area contributed by atoms with Gasteiger partial charge in [0.1, 0.15) is 0 Å². The Bertz CT molecular complexity index is 396. The largest absolute Gasteiger partial charge is 0.480 e. The number of carboxylic acid groups (broad SMARTS) is 1. The number of carbonyl (C=O) groups excluding carboxylic acids is 1. The monoisotopic (exact) mass is 254 g/mol. The number of pyridine rings is 1. The van der Waals surface area contributed by atoms with Gasteiger partial charge in [-0.15, -0.1) is 0 Å². The molecule has 98 valence electrons. The fraction of sp³-hybridized carbons (Fsp3) is 0.364. The summed E-state index contributed by atoms with van der Waals surface area (Å²) >= 11 is 0. The van der Waals surface area contributed by atoms with Crippen LogP contribution >= 0.6 is 0 Å². The molecule has 3 N–H and O–H groups in total. The van der Waals surface area contributed by atoms with Crippen LogP contribution in [0.1, 0.15) is 5.56 Å². The van der Waals surface area contributed by atoms with E-state index >= 15 is 0 Å². The molecule has 0 aliphatic rings. The maximum absolute atomic E-state index is 11.2. The second-order valence-corrected chi connectivity index (χ2v) is 3.46. The van der Waals surface area contributed by atoms with Crippen LogP contribution in [0, 0.1) is 0 Å². The molecule has 1 heterocycles. The predicted octanol–water partition coefficient (Wildman–Crippen LogP) is -0.204. The lowest BCUT2D eigenvalue weighted by Gasteiger charge is -2.11. The van der Waals surface area contributed by atoms with E-state index in [1.807, 2.05) is 5.32 Å². The summed E-state index contributed by atoms with van der Waals surface area (Å²) in [6.45, 7) is -0.567. The molecule has 0 radical (unpaired) electrons. The Morgan fingerprint density at radius 1 is 1.39 bits per heavy atom. The van der Waals surface area contributed by atoms with E-state index in [-0.39, 0.29) is 6.61 Å². The van der Waals surface area contributed by atoms with Gasteiger partial charge in [0.15, 0.2) is 6.04 Å². The molecule has 0 saturated heterocycles. The average molecular weight is 254 g/mol. The van der Waals surface area contributed by atoms with Gasteiger partial charge in [0.05, 0.1) is 13.2 Å². The number of alkyl carbamates (subject to hydrolysis) is 1. The number of aromatic nitrogens is 1. The third-order valence-electron chi connectivity index (χ3n) is 2.15. The number of hydrogen-bond acceptors (Lipinski definition) is 5.